The summed E-state index contributed by atoms with van der Waals surface area (Å²) in [4.78, 5) is 24.7. The monoisotopic (exact) mass is 431 g/mol. The van der Waals surface area contributed by atoms with Crippen molar-refractivity contribution in [2.75, 3.05) is 19.1 Å². The molecule has 0 spiro atoms. The molecule has 0 radical (unpaired) electrons. The van der Waals surface area contributed by atoms with Crippen molar-refractivity contribution in [3.63, 3.8) is 0 Å². The van der Waals surface area contributed by atoms with Crippen molar-refractivity contribution in [1.29, 1.82) is 0 Å². The van der Waals surface area contributed by atoms with Crippen LogP contribution in [0.25, 0.3) is 6.08 Å². The zero-order valence-corrected chi connectivity index (χ0v) is 18.2. The Morgan fingerprint density at radius 2 is 1.81 bits per heavy atom. The highest BCUT2D eigenvalue weighted by Crippen LogP contribution is 2.38. The van der Waals surface area contributed by atoms with E-state index < -0.39 is 0 Å². The number of hydrogen-bond acceptors (Lipinski definition) is 6. The van der Waals surface area contributed by atoms with Gasteiger partial charge in [0.1, 0.15) is 11.5 Å². The number of amides is 1. The standard InChI is InChI=1S/C24H21N3O3S/c1-16-8-7-11-22(25-16)26-24-27(18-9-5-4-6-10-18)23(28)21(31-24)15-17-14-19(29-2)12-13-20(17)30-3/h4-15H,1-3H3/b21-15-,26-24+. The number of ether oxygens (including phenoxy) is 2. The number of aromatic nitrogens is 1. The highest BCUT2D eigenvalue weighted by atomic mass is 32.2. The van der Waals surface area contributed by atoms with Gasteiger partial charge in [0.05, 0.1) is 24.8 Å². The van der Waals surface area contributed by atoms with E-state index in [1.165, 1.54) is 11.8 Å². The number of rotatable bonds is 5. The van der Waals surface area contributed by atoms with Crippen molar-refractivity contribution in [2.24, 2.45) is 4.99 Å². The van der Waals surface area contributed by atoms with Gasteiger partial charge >= 0.3 is 0 Å². The number of hydrogen-bond donors (Lipinski definition) is 0. The van der Waals surface area contributed by atoms with E-state index in [2.05, 4.69) is 9.98 Å². The largest absolute Gasteiger partial charge is 0.497 e. The average molecular weight is 432 g/mol. The minimum atomic E-state index is -0.160. The van der Waals surface area contributed by atoms with E-state index in [9.17, 15) is 4.79 Å². The molecule has 6 nitrogen and oxygen atoms in total. The van der Waals surface area contributed by atoms with Crippen LogP contribution in [0.15, 0.2) is 76.6 Å². The predicted molar refractivity (Wildman–Crippen MR) is 125 cm³/mol. The smallest absolute Gasteiger partial charge is 0.271 e. The second kappa shape index (κ2) is 9.06. The van der Waals surface area contributed by atoms with E-state index in [4.69, 9.17) is 9.47 Å². The van der Waals surface area contributed by atoms with E-state index in [1.54, 1.807) is 25.2 Å². The molecular weight excluding hydrogens is 410 g/mol. The van der Waals surface area contributed by atoms with Crippen LogP contribution in [0.3, 0.4) is 0 Å². The van der Waals surface area contributed by atoms with E-state index in [1.807, 2.05) is 73.7 Å². The Kier molecular flexibility index (Phi) is 6.04. The zero-order valence-electron chi connectivity index (χ0n) is 17.4. The summed E-state index contributed by atoms with van der Waals surface area (Å²) >= 11 is 1.30. The maximum atomic E-state index is 13.4. The Labute approximate surface area is 185 Å². The first-order valence-electron chi connectivity index (χ1n) is 9.62. The van der Waals surface area contributed by atoms with Crippen LogP contribution in [0, 0.1) is 6.92 Å². The second-order valence-corrected chi connectivity index (χ2v) is 7.74. The first-order chi connectivity index (χ1) is 15.1. The van der Waals surface area contributed by atoms with Crippen molar-refractivity contribution < 1.29 is 14.3 Å². The van der Waals surface area contributed by atoms with Gasteiger partial charge in [0.2, 0.25) is 0 Å². The lowest BCUT2D eigenvalue weighted by Crippen LogP contribution is -2.28. The van der Waals surface area contributed by atoms with Crippen LogP contribution < -0.4 is 14.4 Å². The third-order valence-corrected chi connectivity index (χ3v) is 5.60. The van der Waals surface area contributed by atoms with Crippen LogP contribution in [0.1, 0.15) is 11.3 Å². The molecule has 7 heteroatoms. The third kappa shape index (κ3) is 4.46. The number of carbonyl (C=O) groups is 1. The normalized spacial score (nSPS) is 16.2. The highest BCUT2D eigenvalue weighted by Gasteiger charge is 2.35. The second-order valence-electron chi connectivity index (χ2n) is 6.73. The lowest BCUT2D eigenvalue weighted by Gasteiger charge is -2.15. The molecular formula is C24H21N3O3S. The highest BCUT2D eigenvalue weighted by molar-refractivity contribution is 8.19. The van der Waals surface area contributed by atoms with Gasteiger partial charge in [-0.15, -0.1) is 0 Å². The Bertz CT molecular complexity index is 1180. The van der Waals surface area contributed by atoms with Gasteiger partial charge in [0.15, 0.2) is 11.0 Å². The molecule has 1 aromatic heterocycles. The molecule has 0 aliphatic carbocycles. The predicted octanol–water partition coefficient (Wildman–Crippen LogP) is 5.22. The molecule has 156 valence electrons. The Morgan fingerprint density at radius 1 is 1.00 bits per heavy atom. The SMILES string of the molecule is COc1ccc(OC)c(/C=C2\S/C(=N/c3cccc(C)n3)N(c3ccccc3)C2=O)c1. The number of anilines is 1. The fourth-order valence-corrected chi connectivity index (χ4v) is 4.12. The molecule has 0 bridgehead atoms. The van der Waals surface area contributed by atoms with Gasteiger partial charge in [-0.2, -0.15) is 0 Å². The summed E-state index contributed by atoms with van der Waals surface area (Å²) in [5.74, 6) is 1.73. The number of pyridine rings is 1. The van der Waals surface area contributed by atoms with Crippen molar-refractivity contribution in [3.8, 4) is 11.5 Å². The summed E-state index contributed by atoms with van der Waals surface area (Å²) in [6.07, 6.45) is 1.80. The molecule has 1 fully saturated rings. The average Bonchev–Trinajstić information content (AvgIpc) is 3.08. The first-order valence-corrected chi connectivity index (χ1v) is 10.4. The van der Waals surface area contributed by atoms with Gasteiger partial charge in [0, 0.05) is 11.3 Å². The molecule has 1 aliphatic heterocycles. The van der Waals surface area contributed by atoms with E-state index >= 15 is 0 Å². The number of nitrogens with zero attached hydrogens (tertiary/aromatic N) is 3. The molecule has 31 heavy (non-hydrogen) atoms. The molecule has 0 saturated carbocycles. The molecule has 0 N–H and O–H groups in total. The van der Waals surface area contributed by atoms with Gasteiger partial charge < -0.3 is 9.47 Å². The minimum absolute atomic E-state index is 0.160. The summed E-state index contributed by atoms with van der Waals surface area (Å²) in [7, 11) is 3.20. The van der Waals surface area contributed by atoms with Crippen LogP contribution in [-0.4, -0.2) is 30.3 Å². The lowest BCUT2D eigenvalue weighted by molar-refractivity contribution is -0.113. The van der Waals surface area contributed by atoms with Crippen molar-refractivity contribution in [1.82, 2.24) is 4.98 Å². The number of para-hydroxylation sites is 1. The van der Waals surface area contributed by atoms with Crippen molar-refractivity contribution in [3.05, 3.63) is 82.9 Å². The quantitative estimate of drug-likeness (QED) is 0.519. The minimum Gasteiger partial charge on any atom is -0.497 e. The summed E-state index contributed by atoms with van der Waals surface area (Å²) in [6, 6.07) is 20.6. The van der Waals surface area contributed by atoms with Crippen LogP contribution in [0.4, 0.5) is 11.5 Å². The Balaban J connectivity index is 1.80. The Morgan fingerprint density at radius 3 is 2.52 bits per heavy atom. The van der Waals surface area contributed by atoms with E-state index in [-0.39, 0.29) is 5.91 Å². The summed E-state index contributed by atoms with van der Waals surface area (Å²) in [6.45, 7) is 1.91. The molecule has 2 aromatic carbocycles. The van der Waals surface area contributed by atoms with Gasteiger partial charge in [-0.1, -0.05) is 24.3 Å². The first kappa shape index (κ1) is 20.7. The lowest BCUT2D eigenvalue weighted by atomic mass is 10.1. The Hall–Kier alpha value is -3.58. The maximum Gasteiger partial charge on any atom is 0.271 e. The number of aryl methyl sites for hydroxylation is 1. The van der Waals surface area contributed by atoms with Gasteiger partial charge in [0.25, 0.3) is 5.91 Å². The number of carbonyl (C=O) groups excluding carboxylic acids is 1. The van der Waals surface area contributed by atoms with Crippen molar-refractivity contribution in [2.45, 2.75) is 6.92 Å². The number of benzene rings is 2. The fraction of sp³-hybridized carbons (Fsp3) is 0.125. The van der Waals surface area contributed by atoms with Crippen LogP contribution in [0.5, 0.6) is 11.5 Å². The molecule has 3 aromatic rings. The van der Waals surface area contributed by atoms with Gasteiger partial charge in [-0.3, -0.25) is 9.69 Å². The molecule has 4 rings (SSSR count). The molecule has 0 atom stereocenters. The van der Waals surface area contributed by atoms with E-state index in [0.717, 1.165) is 16.9 Å². The van der Waals surface area contributed by atoms with Gasteiger partial charge in [-0.05, 0) is 67.2 Å². The number of methoxy groups -OCH3 is 2. The topological polar surface area (TPSA) is 64.0 Å². The molecule has 0 unspecified atom stereocenters. The maximum absolute atomic E-state index is 13.4. The number of aliphatic imine (C=N–C) groups is 1. The van der Waals surface area contributed by atoms with Crippen LogP contribution in [-0.2, 0) is 4.79 Å². The summed E-state index contributed by atoms with van der Waals surface area (Å²) in [5.41, 5.74) is 2.35. The summed E-state index contributed by atoms with van der Waals surface area (Å²) in [5, 5.41) is 0.544. The number of amidine groups is 1. The molecule has 1 saturated heterocycles. The van der Waals surface area contributed by atoms with Crippen LogP contribution >= 0.6 is 11.8 Å². The number of thioether (sulfide) groups is 1. The zero-order chi connectivity index (χ0) is 21.8. The van der Waals surface area contributed by atoms with E-state index in [0.29, 0.717) is 27.4 Å². The molecule has 2 heterocycles. The third-order valence-electron chi connectivity index (χ3n) is 4.63. The van der Waals surface area contributed by atoms with Crippen molar-refractivity contribution >= 4 is 40.4 Å². The van der Waals surface area contributed by atoms with Crippen LogP contribution in [0.2, 0.25) is 0 Å². The molecule has 1 aliphatic rings. The van der Waals surface area contributed by atoms with Gasteiger partial charge in [-0.25, -0.2) is 9.98 Å². The summed E-state index contributed by atoms with van der Waals surface area (Å²) < 4.78 is 10.8. The molecule has 1 amide bonds. The fourth-order valence-electron chi connectivity index (χ4n) is 3.14.